The topological polar surface area (TPSA) is 111 Å². The van der Waals surface area contributed by atoms with Crippen LogP contribution in [0, 0.1) is 10.1 Å². The molecule has 0 unspecified atom stereocenters. The molecule has 80 valence electrons. The Bertz CT molecular complexity index is 409. The SMILES string of the molecule is NC(=O)CNc1ncc(Cl)cc1[N+](=O)[O-]. The van der Waals surface area contributed by atoms with Gasteiger partial charge in [-0.1, -0.05) is 11.6 Å². The summed E-state index contributed by atoms with van der Waals surface area (Å²) in [5.41, 5.74) is 4.57. The Morgan fingerprint density at radius 2 is 2.40 bits per heavy atom. The van der Waals surface area contributed by atoms with Crippen LogP contribution in [0.15, 0.2) is 12.3 Å². The van der Waals surface area contributed by atoms with Crippen LogP contribution in [-0.2, 0) is 4.79 Å². The van der Waals surface area contributed by atoms with Gasteiger partial charge in [0, 0.05) is 12.3 Å². The zero-order chi connectivity index (χ0) is 11.4. The zero-order valence-electron chi connectivity index (χ0n) is 7.44. The molecule has 15 heavy (non-hydrogen) atoms. The van der Waals surface area contributed by atoms with Gasteiger partial charge >= 0.3 is 5.69 Å². The highest BCUT2D eigenvalue weighted by Crippen LogP contribution is 2.24. The first kappa shape index (κ1) is 11.2. The normalized spacial score (nSPS) is 9.67. The number of pyridine rings is 1. The van der Waals surface area contributed by atoms with E-state index in [-0.39, 0.29) is 23.1 Å². The second kappa shape index (κ2) is 4.56. The van der Waals surface area contributed by atoms with Crippen molar-refractivity contribution < 1.29 is 9.72 Å². The monoisotopic (exact) mass is 230 g/mol. The molecule has 1 aromatic rings. The van der Waals surface area contributed by atoms with Crippen LogP contribution in [0.2, 0.25) is 5.02 Å². The third kappa shape index (κ3) is 3.06. The van der Waals surface area contributed by atoms with Gasteiger partial charge in [-0.15, -0.1) is 0 Å². The standard InChI is InChI=1S/C7H7ClN4O3/c8-4-1-5(12(14)15)7(10-2-4)11-3-6(9)13/h1-2H,3H2,(H2,9,13)(H,10,11). The number of nitrogens with zero attached hydrogens (tertiary/aromatic N) is 2. The number of rotatable bonds is 4. The lowest BCUT2D eigenvalue weighted by atomic mass is 10.4. The minimum absolute atomic E-state index is 0.0387. The Hall–Kier alpha value is -1.89. The van der Waals surface area contributed by atoms with Crippen molar-refractivity contribution in [1.29, 1.82) is 0 Å². The number of hydrogen-bond donors (Lipinski definition) is 2. The summed E-state index contributed by atoms with van der Waals surface area (Å²) in [5, 5.41) is 13.1. The fourth-order valence-corrected chi connectivity index (χ4v) is 1.03. The molecular weight excluding hydrogens is 224 g/mol. The number of halogens is 1. The molecule has 1 rings (SSSR count). The molecule has 0 fully saturated rings. The van der Waals surface area contributed by atoms with Gasteiger partial charge in [0.15, 0.2) is 0 Å². The number of nitrogens with two attached hydrogens (primary N) is 1. The summed E-state index contributed by atoms with van der Waals surface area (Å²) in [5.74, 6) is -0.677. The average Bonchev–Trinajstić information content (AvgIpc) is 2.15. The predicted octanol–water partition coefficient (Wildman–Crippen LogP) is 0.540. The van der Waals surface area contributed by atoms with Crippen molar-refractivity contribution in [2.45, 2.75) is 0 Å². The Labute approximate surface area is 89.4 Å². The van der Waals surface area contributed by atoms with Crippen LogP contribution in [-0.4, -0.2) is 22.4 Å². The Kier molecular flexibility index (Phi) is 3.40. The summed E-state index contributed by atoms with van der Waals surface area (Å²) in [4.78, 5) is 24.1. The molecule has 0 saturated heterocycles. The van der Waals surface area contributed by atoms with Crippen LogP contribution in [0.3, 0.4) is 0 Å². The van der Waals surface area contributed by atoms with Crippen LogP contribution in [0.5, 0.6) is 0 Å². The van der Waals surface area contributed by atoms with E-state index in [0.29, 0.717) is 0 Å². The van der Waals surface area contributed by atoms with E-state index < -0.39 is 10.8 Å². The molecular formula is C7H7ClN4O3. The summed E-state index contributed by atoms with van der Waals surface area (Å²) >= 11 is 5.54. The summed E-state index contributed by atoms with van der Waals surface area (Å²) in [6, 6.07) is 1.14. The molecule has 0 radical (unpaired) electrons. The van der Waals surface area contributed by atoms with Crippen molar-refractivity contribution in [3.05, 3.63) is 27.4 Å². The number of nitrogens with one attached hydrogen (secondary N) is 1. The van der Waals surface area contributed by atoms with Crippen molar-refractivity contribution in [2.75, 3.05) is 11.9 Å². The van der Waals surface area contributed by atoms with E-state index in [0.717, 1.165) is 6.07 Å². The average molecular weight is 231 g/mol. The highest BCUT2D eigenvalue weighted by atomic mass is 35.5. The molecule has 1 aromatic heterocycles. The van der Waals surface area contributed by atoms with Gasteiger partial charge < -0.3 is 11.1 Å². The number of amides is 1. The van der Waals surface area contributed by atoms with Gasteiger partial charge in [0.25, 0.3) is 0 Å². The largest absolute Gasteiger partial charge is 0.368 e. The molecule has 3 N–H and O–H groups in total. The zero-order valence-corrected chi connectivity index (χ0v) is 8.19. The smallest absolute Gasteiger partial charge is 0.312 e. The minimum Gasteiger partial charge on any atom is -0.368 e. The molecule has 0 saturated carbocycles. The van der Waals surface area contributed by atoms with E-state index in [4.69, 9.17) is 17.3 Å². The fourth-order valence-electron chi connectivity index (χ4n) is 0.875. The fraction of sp³-hybridized carbons (Fsp3) is 0.143. The molecule has 0 bridgehead atoms. The first-order chi connectivity index (χ1) is 7.00. The van der Waals surface area contributed by atoms with E-state index in [2.05, 4.69) is 10.3 Å². The van der Waals surface area contributed by atoms with E-state index >= 15 is 0 Å². The number of carbonyl (C=O) groups is 1. The molecule has 7 nitrogen and oxygen atoms in total. The quantitative estimate of drug-likeness (QED) is 0.579. The number of aromatic nitrogens is 1. The number of hydrogen-bond acceptors (Lipinski definition) is 5. The molecule has 0 aliphatic rings. The maximum absolute atomic E-state index is 10.6. The molecule has 1 heterocycles. The van der Waals surface area contributed by atoms with Gasteiger partial charge in [-0.3, -0.25) is 14.9 Å². The van der Waals surface area contributed by atoms with E-state index in [1.54, 1.807) is 0 Å². The first-order valence-electron chi connectivity index (χ1n) is 3.83. The molecule has 1 amide bonds. The lowest BCUT2D eigenvalue weighted by molar-refractivity contribution is -0.384. The van der Waals surface area contributed by atoms with E-state index in [9.17, 15) is 14.9 Å². The van der Waals surface area contributed by atoms with Crippen LogP contribution in [0.4, 0.5) is 11.5 Å². The molecule has 8 heteroatoms. The van der Waals surface area contributed by atoms with Crippen molar-refractivity contribution in [1.82, 2.24) is 4.98 Å². The van der Waals surface area contributed by atoms with Crippen LogP contribution < -0.4 is 11.1 Å². The number of carbonyl (C=O) groups excluding carboxylic acids is 1. The van der Waals surface area contributed by atoms with Crippen molar-refractivity contribution in [2.24, 2.45) is 5.73 Å². The van der Waals surface area contributed by atoms with Crippen LogP contribution in [0.1, 0.15) is 0 Å². The lowest BCUT2D eigenvalue weighted by Crippen LogP contribution is -2.22. The summed E-state index contributed by atoms with van der Waals surface area (Å²) < 4.78 is 0. The van der Waals surface area contributed by atoms with E-state index in [1.165, 1.54) is 6.20 Å². The van der Waals surface area contributed by atoms with Gasteiger partial charge in [0.05, 0.1) is 16.5 Å². The van der Waals surface area contributed by atoms with Crippen molar-refractivity contribution in [3.8, 4) is 0 Å². The predicted molar refractivity (Wildman–Crippen MR) is 53.6 cm³/mol. The van der Waals surface area contributed by atoms with E-state index in [1.807, 2.05) is 0 Å². The second-order valence-electron chi connectivity index (χ2n) is 2.60. The number of primary amides is 1. The molecule has 0 spiro atoms. The summed E-state index contributed by atoms with van der Waals surface area (Å²) in [6.45, 7) is -0.227. The molecule has 0 aromatic carbocycles. The third-order valence-electron chi connectivity index (χ3n) is 1.46. The third-order valence-corrected chi connectivity index (χ3v) is 1.67. The van der Waals surface area contributed by atoms with Crippen molar-refractivity contribution >= 4 is 29.0 Å². The molecule has 0 aliphatic heterocycles. The maximum atomic E-state index is 10.6. The highest BCUT2D eigenvalue weighted by molar-refractivity contribution is 6.30. The van der Waals surface area contributed by atoms with Gasteiger partial charge in [-0.2, -0.15) is 0 Å². The molecule has 0 aliphatic carbocycles. The Morgan fingerprint density at radius 3 is 2.93 bits per heavy atom. The van der Waals surface area contributed by atoms with Gasteiger partial charge in [-0.05, 0) is 0 Å². The molecule has 0 atom stereocenters. The second-order valence-corrected chi connectivity index (χ2v) is 3.03. The van der Waals surface area contributed by atoms with Gasteiger partial charge in [-0.25, -0.2) is 4.98 Å². The lowest BCUT2D eigenvalue weighted by Gasteiger charge is -2.03. The Balaban J connectivity index is 2.95. The highest BCUT2D eigenvalue weighted by Gasteiger charge is 2.15. The van der Waals surface area contributed by atoms with Crippen LogP contribution in [0.25, 0.3) is 0 Å². The summed E-state index contributed by atoms with van der Waals surface area (Å²) in [7, 11) is 0. The summed E-state index contributed by atoms with van der Waals surface area (Å²) in [6.07, 6.45) is 1.23. The first-order valence-corrected chi connectivity index (χ1v) is 4.20. The van der Waals surface area contributed by atoms with Crippen LogP contribution >= 0.6 is 11.6 Å². The van der Waals surface area contributed by atoms with Gasteiger partial charge in [0.2, 0.25) is 11.7 Å². The maximum Gasteiger partial charge on any atom is 0.312 e. The van der Waals surface area contributed by atoms with Crippen molar-refractivity contribution in [3.63, 3.8) is 0 Å². The Morgan fingerprint density at radius 1 is 1.73 bits per heavy atom. The number of nitro groups is 1. The number of anilines is 1. The minimum atomic E-state index is -0.651. The van der Waals surface area contributed by atoms with Gasteiger partial charge in [0.1, 0.15) is 0 Å².